The molecule has 2 heteroatoms. The Balaban J connectivity index is 1.43. The Bertz CT molecular complexity index is 376. The second-order valence-electron chi connectivity index (χ2n) is 6.28. The van der Waals surface area contributed by atoms with E-state index in [1.165, 1.54) is 50.8 Å². The molecule has 0 amide bonds. The van der Waals surface area contributed by atoms with Gasteiger partial charge in [-0.2, -0.15) is 0 Å². The van der Waals surface area contributed by atoms with Crippen LogP contribution in [0.25, 0.3) is 0 Å². The fourth-order valence-corrected chi connectivity index (χ4v) is 3.59. The van der Waals surface area contributed by atoms with Crippen molar-refractivity contribution in [2.45, 2.75) is 44.2 Å². The zero-order chi connectivity index (χ0) is 13.1. The van der Waals surface area contributed by atoms with E-state index in [1.54, 1.807) is 0 Å². The molecule has 0 aromatic heterocycles. The maximum absolute atomic E-state index is 3.39. The highest BCUT2D eigenvalue weighted by Gasteiger charge is 2.34. The Morgan fingerprint density at radius 3 is 2.42 bits per heavy atom. The quantitative estimate of drug-likeness (QED) is 0.893. The summed E-state index contributed by atoms with van der Waals surface area (Å²) in [7, 11) is 2.09. The van der Waals surface area contributed by atoms with Crippen LogP contribution in [0, 0.1) is 5.92 Å². The van der Waals surface area contributed by atoms with Crippen LogP contribution >= 0.6 is 0 Å². The van der Waals surface area contributed by atoms with Gasteiger partial charge in [0.05, 0.1) is 0 Å². The van der Waals surface area contributed by atoms with Gasteiger partial charge in [-0.05, 0) is 63.7 Å². The SMILES string of the molecule is CNC1CC(N2CCC(Cc3ccccc3)CC2)C1. The van der Waals surface area contributed by atoms with E-state index in [1.807, 2.05) is 0 Å². The summed E-state index contributed by atoms with van der Waals surface area (Å²) in [5.74, 6) is 0.902. The van der Waals surface area contributed by atoms with Crippen molar-refractivity contribution in [2.75, 3.05) is 20.1 Å². The summed E-state index contributed by atoms with van der Waals surface area (Å²) < 4.78 is 0. The maximum atomic E-state index is 3.39. The van der Waals surface area contributed by atoms with Crippen LogP contribution in [0.1, 0.15) is 31.2 Å². The predicted octanol–water partition coefficient (Wildman–Crippen LogP) is 2.69. The molecule has 2 fully saturated rings. The van der Waals surface area contributed by atoms with E-state index in [9.17, 15) is 0 Å². The molecule has 1 aromatic rings. The molecule has 0 atom stereocenters. The molecule has 3 rings (SSSR count). The molecule has 19 heavy (non-hydrogen) atoms. The largest absolute Gasteiger partial charge is 0.317 e. The molecule has 1 saturated carbocycles. The minimum atomic E-state index is 0.784. The Morgan fingerprint density at radius 2 is 1.79 bits per heavy atom. The van der Waals surface area contributed by atoms with Gasteiger partial charge in [0, 0.05) is 12.1 Å². The van der Waals surface area contributed by atoms with Gasteiger partial charge >= 0.3 is 0 Å². The van der Waals surface area contributed by atoms with E-state index in [0.717, 1.165) is 18.0 Å². The standard InChI is InChI=1S/C17H26N2/c1-18-16-12-17(13-16)19-9-7-15(8-10-19)11-14-5-3-2-4-6-14/h2-6,15-18H,7-13H2,1H3. The van der Waals surface area contributed by atoms with Gasteiger partial charge in [-0.1, -0.05) is 30.3 Å². The van der Waals surface area contributed by atoms with E-state index >= 15 is 0 Å². The van der Waals surface area contributed by atoms with Crippen LogP contribution in [0.4, 0.5) is 0 Å². The first-order valence-electron chi connectivity index (χ1n) is 7.80. The van der Waals surface area contributed by atoms with E-state index in [0.29, 0.717) is 0 Å². The Hall–Kier alpha value is -0.860. The highest BCUT2D eigenvalue weighted by molar-refractivity contribution is 5.15. The lowest BCUT2D eigenvalue weighted by atomic mass is 9.82. The molecule has 0 spiro atoms. The monoisotopic (exact) mass is 258 g/mol. The third-order valence-electron chi connectivity index (χ3n) is 5.05. The molecule has 1 heterocycles. The van der Waals surface area contributed by atoms with Gasteiger partial charge in [0.15, 0.2) is 0 Å². The third kappa shape index (κ3) is 3.18. The molecule has 0 bridgehead atoms. The Morgan fingerprint density at radius 1 is 1.11 bits per heavy atom. The number of likely N-dealkylation sites (tertiary alicyclic amines) is 1. The van der Waals surface area contributed by atoms with Gasteiger partial charge in [-0.3, -0.25) is 0 Å². The molecular formula is C17H26N2. The summed E-state index contributed by atoms with van der Waals surface area (Å²) in [5.41, 5.74) is 1.51. The average molecular weight is 258 g/mol. The van der Waals surface area contributed by atoms with Gasteiger partial charge in [0.1, 0.15) is 0 Å². The minimum absolute atomic E-state index is 0.784. The number of rotatable bonds is 4. The van der Waals surface area contributed by atoms with Crippen molar-refractivity contribution in [2.24, 2.45) is 5.92 Å². The van der Waals surface area contributed by atoms with Crippen LogP contribution in [0.15, 0.2) is 30.3 Å². The second kappa shape index (κ2) is 6.06. The Kier molecular flexibility index (Phi) is 4.19. The van der Waals surface area contributed by atoms with Crippen molar-refractivity contribution in [3.8, 4) is 0 Å². The number of benzene rings is 1. The maximum Gasteiger partial charge on any atom is 0.0125 e. The summed E-state index contributed by atoms with van der Waals surface area (Å²) in [6.07, 6.45) is 6.77. The zero-order valence-electron chi connectivity index (χ0n) is 12.0. The van der Waals surface area contributed by atoms with Crippen LogP contribution in [-0.2, 0) is 6.42 Å². The number of hydrogen-bond acceptors (Lipinski definition) is 2. The first-order chi connectivity index (χ1) is 9.35. The zero-order valence-corrected chi connectivity index (χ0v) is 12.0. The summed E-state index contributed by atoms with van der Waals surface area (Å²) in [6, 6.07) is 12.6. The van der Waals surface area contributed by atoms with E-state index in [-0.39, 0.29) is 0 Å². The minimum Gasteiger partial charge on any atom is -0.317 e. The van der Waals surface area contributed by atoms with Crippen LogP contribution in [0.3, 0.4) is 0 Å². The van der Waals surface area contributed by atoms with Gasteiger partial charge in [-0.25, -0.2) is 0 Å². The van der Waals surface area contributed by atoms with Crippen molar-refractivity contribution in [3.63, 3.8) is 0 Å². The molecule has 1 aliphatic carbocycles. The first kappa shape index (κ1) is 13.1. The smallest absolute Gasteiger partial charge is 0.0125 e. The van der Waals surface area contributed by atoms with Gasteiger partial charge in [0.2, 0.25) is 0 Å². The van der Waals surface area contributed by atoms with Crippen molar-refractivity contribution < 1.29 is 0 Å². The third-order valence-corrected chi connectivity index (χ3v) is 5.05. The van der Waals surface area contributed by atoms with Crippen molar-refractivity contribution in [1.29, 1.82) is 0 Å². The molecule has 1 aromatic carbocycles. The normalized spacial score (nSPS) is 29.1. The summed E-state index contributed by atoms with van der Waals surface area (Å²) in [6.45, 7) is 2.64. The second-order valence-corrected chi connectivity index (χ2v) is 6.28. The van der Waals surface area contributed by atoms with Crippen molar-refractivity contribution in [3.05, 3.63) is 35.9 Å². The van der Waals surface area contributed by atoms with E-state index in [4.69, 9.17) is 0 Å². The molecule has 2 nitrogen and oxygen atoms in total. The highest BCUT2D eigenvalue weighted by Crippen LogP contribution is 2.30. The lowest BCUT2D eigenvalue weighted by molar-refractivity contribution is 0.0650. The Labute approximate surface area is 117 Å². The van der Waals surface area contributed by atoms with Crippen LogP contribution in [-0.4, -0.2) is 37.1 Å². The van der Waals surface area contributed by atoms with Crippen molar-refractivity contribution in [1.82, 2.24) is 10.2 Å². The lowest BCUT2D eigenvalue weighted by Crippen LogP contribution is -2.53. The van der Waals surface area contributed by atoms with E-state index < -0.39 is 0 Å². The lowest BCUT2D eigenvalue weighted by Gasteiger charge is -2.45. The molecule has 2 aliphatic rings. The highest BCUT2D eigenvalue weighted by atomic mass is 15.2. The fourth-order valence-electron chi connectivity index (χ4n) is 3.59. The van der Waals surface area contributed by atoms with Crippen LogP contribution in [0.2, 0.25) is 0 Å². The topological polar surface area (TPSA) is 15.3 Å². The molecule has 1 aliphatic heterocycles. The number of hydrogen-bond donors (Lipinski definition) is 1. The van der Waals surface area contributed by atoms with Crippen LogP contribution in [0.5, 0.6) is 0 Å². The molecule has 0 unspecified atom stereocenters. The van der Waals surface area contributed by atoms with Gasteiger partial charge < -0.3 is 10.2 Å². The molecular weight excluding hydrogens is 232 g/mol. The summed E-state index contributed by atoms with van der Waals surface area (Å²) in [5, 5.41) is 3.39. The van der Waals surface area contributed by atoms with E-state index in [2.05, 4.69) is 47.6 Å². The predicted molar refractivity (Wildman–Crippen MR) is 80.3 cm³/mol. The first-order valence-corrected chi connectivity index (χ1v) is 7.80. The number of nitrogens with one attached hydrogen (secondary N) is 1. The molecule has 104 valence electrons. The fraction of sp³-hybridized carbons (Fsp3) is 0.647. The van der Waals surface area contributed by atoms with Gasteiger partial charge in [0.25, 0.3) is 0 Å². The molecule has 1 saturated heterocycles. The van der Waals surface area contributed by atoms with Gasteiger partial charge in [-0.15, -0.1) is 0 Å². The summed E-state index contributed by atoms with van der Waals surface area (Å²) in [4.78, 5) is 2.73. The van der Waals surface area contributed by atoms with Crippen LogP contribution < -0.4 is 5.32 Å². The summed E-state index contributed by atoms with van der Waals surface area (Å²) >= 11 is 0. The molecule has 1 N–H and O–H groups in total. The number of nitrogens with zero attached hydrogens (tertiary/aromatic N) is 1. The molecule has 0 radical (unpaired) electrons. The number of piperidine rings is 1. The average Bonchev–Trinajstić information content (AvgIpc) is 2.41. The van der Waals surface area contributed by atoms with Crippen molar-refractivity contribution >= 4 is 0 Å².